The van der Waals surface area contributed by atoms with Crippen LogP contribution in [0.4, 0.5) is 0 Å². The Morgan fingerprint density at radius 3 is 2.00 bits per heavy atom. The molecule has 0 aromatic rings. The van der Waals surface area contributed by atoms with Gasteiger partial charge in [-0.05, 0) is 12.1 Å². The molecule has 0 fully saturated rings. The molecular weight excluding hydrogens is 274 g/mol. The Balaban J connectivity index is 5.27. The zero-order valence-electron chi connectivity index (χ0n) is 11.2. The van der Waals surface area contributed by atoms with Crippen molar-refractivity contribution in [2.75, 3.05) is 20.8 Å². The minimum absolute atomic E-state index is 0.0391. The first-order chi connectivity index (χ1) is 9.42. The first-order valence-electron chi connectivity index (χ1n) is 5.51. The topological polar surface area (TPSA) is 129 Å². The van der Waals surface area contributed by atoms with Gasteiger partial charge in [-0.2, -0.15) is 0 Å². The lowest BCUT2D eigenvalue weighted by Gasteiger charge is -2.12. The summed E-state index contributed by atoms with van der Waals surface area (Å²) in [5, 5.41) is 12.0. The van der Waals surface area contributed by atoms with Gasteiger partial charge in [0.05, 0.1) is 20.8 Å². The number of hydrogen-bond donors (Lipinski definition) is 1. The third-order valence-corrected chi connectivity index (χ3v) is 2.20. The van der Waals surface area contributed by atoms with Gasteiger partial charge in [0.25, 0.3) is 0 Å². The lowest BCUT2D eigenvalue weighted by atomic mass is 10.0. The van der Waals surface area contributed by atoms with Gasteiger partial charge in [0.2, 0.25) is 5.70 Å². The van der Waals surface area contributed by atoms with E-state index in [0.717, 1.165) is 14.2 Å². The first kappa shape index (κ1) is 17.6. The number of rotatable bonds is 7. The number of nitrogens with zero attached hydrogens (tertiary/aromatic N) is 1. The van der Waals surface area contributed by atoms with Gasteiger partial charge in [-0.3, -0.25) is 9.59 Å². The summed E-state index contributed by atoms with van der Waals surface area (Å²) in [6.45, 7) is 1.45. The second-order valence-electron chi connectivity index (χ2n) is 3.41. The van der Waals surface area contributed by atoms with E-state index in [2.05, 4.69) is 19.4 Å². The summed E-state index contributed by atoms with van der Waals surface area (Å²) in [5.41, 5.74) is -0.912. The standard InChI is InChI=1S/C11H15NO8/c1-4-20-11(16)8(12-17)7(13)5-6(9(14)18-2)10(15)19-3/h6,13H,4-5H2,1-3H3. The molecule has 0 saturated carbocycles. The SMILES string of the molecule is CCOC(=O)C(N=O)=C(O)CC(C(=O)OC)C(=O)OC. The minimum atomic E-state index is -1.52. The third kappa shape index (κ3) is 4.67. The van der Waals surface area contributed by atoms with Crippen molar-refractivity contribution < 1.29 is 33.7 Å². The number of ether oxygens (including phenoxy) is 3. The molecule has 0 saturated heterocycles. The lowest BCUT2D eigenvalue weighted by molar-refractivity contribution is -0.159. The molecular formula is C11H15NO8. The maximum absolute atomic E-state index is 11.4. The Morgan fingerprint density at radius 2 is 1.65 bits per heavy atom. The number of allylic oxidation sites excluding steroid dienone is 1. The van der Waals surface area contributed by atoms with Gasteiger partial charge in [0, 0.05) is 6.42 Å². The molecule has 0 spiro atoms. The molecule has 9 heteroatoms. The number of hydrogen-bond acceptors (Lipinski definition) is 9. The molecule has 0 aliphatic heterocycles. The number of carbonyl (C=O) groups excluding carboxylic acids is 3. The van der Waals surface area contributed by atoms with Gasteiger partial charge < -0.3 is 19.3 Å². The predicted octanol–water partition coefficient (Wildman–Crippen LogP) is 0.438. The summed E-state index contributed by atoms with van der Waals surface area (Å²) >= 11 is 0. The maximum atomic E-state index is 11.4. The fourth-order valence-corrected chi connectivity index (χ4v) is 1.24. The van der Waals surface area contributed by atoms with Gasteiger partial charge in [-0.15, -0.1) is 4.91 Å². The van der Waals surface area contributed by atoms with Crippen molar-refractivity contribution in [1.82, 2.24) is 0 Å². The predicted molar refractivity (Wildman–Crippen MR) is 64.2 cm³/mol. The molecule has 0 rings (SSSR count). The van der Waals surface area contributed by atoms with Crippen LogP contribution in [0.5, 0.6) is 0 Å². The minimum Gasteiger partial charge on any atom is -0.510 e. The Kier molecular flexibility index (Phi) is 7.56. The van der Waals surface area contributed by atoms with E-state index in [1.807, 2.05) is 0 Å². The van der Waals surface area contributed by atoms with Crippen molar-refractivity contribution in [3.05, 3.63) is 16.4 Å². The number of nitroso groups, excluding NO2 is 1. The van der Waals surface area contributed by atoms with Crippen LogP contribution in [0.25, 0.3) is 0 Å². The number of aliphatic hydroxyl groups excluding tert-OH is 1. The summed E-state index contributed by atoms with van der Waals surface area (Å²) in [5.74, 6) is -5.51. The van der Waals surface area contributed by atoms with Crippen LogP contribution in [-0.4, -0.2) is 43.8 Å². The Hall–Kier alpha value is -2.45. The summed E-state index contributed by atoms with van der Waals surface area (Å²) < 4.78 is 13.2. The molecule has 112 valence electrons. The molecule has 1 N–H and O–H groups in total. The summed E-state index contributed by atoms with van der Waals surface area (Å²) in [6.07, 6.45) is -0.667. The quantitative estimate of drug-likeness (QED) is 0.178. The largest absolute Gasteiger partial charge is 0.510 e. The fraction of sp³-hybridized carbons (Fsp3) is 0.545. The van der Waals surface area contributed by atoms with Crippen LogP contribution in [0.15, 0.2) is 16.6 Å². The molecule has 0 aliphatic rings. The van der Waals surface area contributed by atoms with E-state index in [4.69, 9.17) is 0 Å². The number of aliphatic hydroxyl groups is 1. The zero-order chi connectivity index (χ0) is 15.7. The molecule has 0 aliphatic carbocycles. The van der Waals surface area contributed by atoms with E-state index < -0.39 is 41.7 Å². The van der Waals surface area contributed by atoms with Crippen molar-refractivity contribution in [1.29, 1.82) is 0 Å². The molecule has 0 heterocycles. The van der Waals surface area contributed by atoms with Crippen molar-refractivity contribution in [2.24, 2.45) is 11.1 Å². The van der Waals surface area contributed by atoms with Crippen LogP contribution >= 0.6 is 0 Å². The van der Waals surface area contributed by atoms with Crippen molar-refractivity contribution in [2.45, 2.75) is 13.3 Å². The van der Waals surface area contributed by atoms with Crippen molar-refractivity contribution in [3.63, 3.8) is 0 Å². The fourth-order valence-electron chi connectivity index (χ4n) is 1.24. The van der Waals surface area contributed by atoms with Crippen molar-refractivity contribution in [3.8, 4) is 0 Å². The molecule has 20 heavy (non-hydrogen) atoms. The third-order valence-electron chi connectivity index (χ3n) is 2.20. The summed E-state index contributed by atoms with van der Waals surface area (Å²) in [7, 11) is 2.06. The maximum Gasteiger partial charge on any atom is 0.364 e. The molecule has 9 nitrogen and oxygen atoms in total. The van der Waals surface area contributed by atoms with E-state index >= 15 is 0 Å². The molecule has 0 aromatic heterocycles. The highest BCUT2D eigenvalue weighted by atomic mass is 16.5. The second-order valence-corrected chi connectivity index (χ2v) is 3.41. The van der Waals surface area contributed by atoms with E-state index in [-0.39, 0.29) is 6.61 Å². The van der Waals surface area contributed by atoms with Crippen LogP contribution in [0.3, 0.4) is 0 Å². The van der Waals surface area contributed by atoms with Crippen LogP contribution in [0.2, 0.25) is 0 Å². The molecule has 0 bridgehead atoms. The molecule has 0 amide bonds. The lowest BCUT2D eigenvalue weighted by Crippen LogP contribution is -2.27. The average Bonchev–Trinajstić information content (AvgIpc) is 2.44. The van der Waals surface area contributed by atoms with Crippen LogP contribution in [0, 0.1) is 10.8 Å². The van der Waals surface area contributed by atoms with E-state index in [1.165, 1.54) is 6.92 Å². The average molecular weight is 289 g/mol. The normalized spacial score (nSPS) is 11.4. The zero-order valence-corrected chi connectivity index (χ0v) is 11.2. The second kappa shape index (κ2) is 8.62. The number of esters is 3. The summed E-state index contributed by atoms with van der Waals surface area (Å²) in [4.78, 5) is 44.6. The van der Waals surface area contributed by atoms with Gasteiger partial charge in [0.1, 0.15) is 5.76 Å². The Bertz CT molecular complexity index is 412. The first-order valence-corrected chi connectivity index (χ1v) is 5.51. The monoisotopic (exact) mass is 289 g/mol. The van der Waals surface area contributed by atoms with Gasteiger partial charge in [-0.1, -0.05) is 0 Å². The highest BCUT2D eigenvalue weighted by Crippen LogP contribution is 2.18. The van der Waals surface area contributed by atoms with Crippen LogP contribution < -0.4 is 0 Å². The van der Waals surface area contributed by atoms with E-state index in [0.29, 0.717) is 0 Å². The van der Waals surface area contributed by atoms with Crippen LogP contribution in [-0.2, 0) is 28.6 Å². The summed E-state index contributed by atoms with van der Waals surface area (Å²) in [6, 6.07) is 0. The Morgan fingerprint density at radius 1 is 1.15 bits per heavy atom. The smallest absolute Gasteiger partial charge is 0.364 e. The molecule has 0 atom stereocenters. The van der Waals surface area contributed by atoms with Crippen molar-refractivity contribution >= 4 is 17.9 Å². The molecule has 0 radical (unpaired) electrons. The van der Waals surface area contributed by atoms with Gasteiger partial charge in [-0.25, -0.2) is 4.79 Å². The molecule has 0 aromatic carbocycles. The van der Waals surface area contributed by atoms with Gasteiger partial charge >= 0.3 is 17.9 Å². The highest BCUT2D eigenvalue weighted by molar-refractivity contribution is 5.95. The molecule has 0 unspecified atom stereocenters. The Labute approximate surface area is 114 Å². The van der Waals surface area contributed by atoms with Gasteiger partial charge in [0.15, 0.2) is 5.92 Å². The van der Waals surface area contributed by atoms with E-state index in [1.54, 1.807) is 0 Å². The van der Waals surface area contributed by atoms with E-state index in [9.17, 15) is 24.4 Å². The number of methoxy groups -OCH3 is 2. The van der Waals surface area contributed by atoms with Crippen LogP contribution in [0.1, 0.15) is 13.3 Å². The highest BCUT2D eigenvalue weighted by Gasteiger charge is 2.32. The number of carbonyl (C=O) groups is 3.